The van der Waals surface area contributed by atoms with Crippen molar-refractivity contribution in [2.24, 2.45) is 5.41 Å². The molecular weight excluding hydrogens is 538 g/mol. The zero-order valence-corrected chi connectivity index (χ0v) is 24.4. The number of hydrogen-bond donors (Lipinski definition) is 3. The number of H-pyrrole nitrogens is 1. The van der Waals surface area contributed by atoms with E-state index in [0.29, 0.717) is 47.8 Å². The summed E-state index contributed by atoms with van der Waals surface area (Å²) in [4.78, 5) is 38.2. The van der Waals surface area contributed by atoms with Gasteiger partial charge in [-0.15, -0.1) is 11.3 Å². The lowest BCUT2D eigenvalue weighted by Crippen LogP contribution is -2.48. The van der Waals surface area contributed by atoms with Crippen molar-refractivity contribution in [3.8, 4) is 0 Å². The predicted molar refractivity (Wildman–Crippen MR) is 153 cm³/mol. The highest BCUT2D eigenvalue weighted by Crippen LogP contribution is 2.40. The van der Waals surface area contributed by atoms with Crippen LogP contribution in [0.1, 0.15) is 57.6 Å². The van der Waals surface area contributed by atoms with E-state index in [1.54, 1.807) is 26.4 Å². The predicted octanol–water partition coefficient (Wildman–Crippen LogP) is 4.01. The molecule has 1 aliphatic carbocycles. The number of rotatable bonds is 9. The van der Waals surface area contributed by atoms with Gasteiger partial charge in [-0.2, -0.15) is 0 Å². The molecular formula is C28H36ClN5O4S. The van der Waals surface area contributed by atoms with Crippen molar-refractivity contribution in [3.05, 3.63) is 50.6 Å². The van der Waals surface area contributed by atoms with Gasteiger partial charge in [-0.25, -0.2) is 4.98 Å². The summed E-state index contributed by atoms with van der Waals surface area (Å²) in [7, 11) is 3.32. The van der Waals surface area contributed by atoms with Gasteiger partial charge in [-0.3, -0.25) is 14.5 Å². The number of hydrogen-bond acceptors (Lipinski definition) is 7. The summed E-state index contributed by atoms with van der Waals surface area (Å²) in [6.45, 7) is 7.06. The maximum atomic E-state index is 13.4. The number of benzene rings is 1. The van der Waals surface area contributed by atoms with Crippen LogP contribution in [0.2, 0.25) is 5.02 Å². The van der Waals surface area contributed by atoms with Crippen LogP contribution in [0, 0.1) is 5.41 Å². The zero-order chi connectivity index (χ0) is 27.7. The Morgan fingerprint density at radius 2 is 1.85 bits per heavy atom. The Balaban J connectivity index is 1.35. The Morgan fingerprint density at radius 3 is 2.51 bits per heavy atom. The number of carbonyl (C=O) groups is 2. The van der Waals surface area contributed by atoms with Crippen molar-refractivity contribution in [2.75, 3.05) is 34.0 Å². The van der Waals surface area contributed by atoms with Gasteiger partial charge in [0, 0.05) is 66.0 Å². The highest BCUT2D eigenvalue weighted by molar-refractivity contribution is 7.13. The molecule has 0 bridgehead atoms. The summed E-state index contributed by atoms with van der Waals surface area (Å²) in [5.41, 5.74) is 1.95. The molecule has 3 heterocycles. The van der Waals surface area contributed by atoms with Crippen LogP contribution in [-0.2, 0) is 22.4 Å². The summed E-state index contributed by atoms with van der Waals surface area (Å²) in [5.74, 6) is -0.448. The molecule has 0 spiro atoms. The molecule has 210 valence electrons. The molecule has 2 aliphatic rings. The van der Waals surface area contributed by atoms with Crippen LogP contribution in [0.25, 0.3) is 10.9 Å². The molecule has 11 heteroatoms. The summed E-state index contributed by atoms with van der Waals surface area (Å²) >= 11 is 7.59. The summed E-state index contributed by atoms with van der Waals surface area (Å²) in [6, 6.07) is 7.07. The molecule has 2 amide bonds. The molecule has 0 unspecified atom stereocenters. The van der Waals surface area contributed by atoms with Crippen molar-refractivity contribution < 1.29 is 19.1 Å². The van der Waals surface area contributed by atoms with Gasteiger partial charge in [0.25, 0.3) is 11.8 Å². The minimum absolute atomic E-state index is 0.208. The number of methoxy groups -OCH3 is 2. The Labute approximate surface area is 237 Å². The van der Waals surface area contributed by atoms with Gasteiger partial charge in [-0.05, 0) is 51.0 Å². The number of halogens is 1. The van der Waals surface area contributed by atoms with Crippen LogP contribution in [-0.4, -0.2) is 78.8 Å². The molecule has 3 N–H and O–H groups in total. The molecule has 39 heavy (non-hydrogen) atoms. The van der Waals surface area contributed by atoms with Gasteiger partial charge < -0.3 is 25.1 Å². The Morgan fingerprint density at radius 1 is 1.15 bits per heavy atom. The minimum atomic E-state index is -0.340. The minimum Gasteiger partial charge on any atom is -0.384 e. The normalized spacial score (nSPS) is 20.9. The standard InChI is InChI=1S/C28H36ClN5O4S/c1-16(2)34-8-7-20-24(13-34)39-27(33-20)26(36)32-23-12-28(14-37-3,15-38-4)11-22(23)31-25(35)21-10-17-9-18(29)5-6-19(17)30-21/h5-6,9-10,16,22-23,30H,7-8,11-15H2,1-4H3,(H,31,35)(H,32,36)/t22-,23-/m1/s1. The van der Waals surface area contributed by atoms with Gasteiger partial charge >= 0.3 is 0 Å². The number of amides is 2. The number of fused-ring (bicyclic) bond motifs is 2. The summed E-state index contributed by atoms with van der Waals surface area (Å²) in [5, 5.41) is 8.30. The first-order valence-electron chi connectivity index (χ1n) is 13.3. The molecule has 1 saturated carbocycles. The third-order valence-corrected chi connectivity index (χ3v) is 9.15. The number of nitrogens with one attached hydrogen (secondary N) is 3. The van der Waals surface area contributed by atoms with E-state index >= 15 is 0 Å². The number of nitrogens with zero attached hydrogens (tertiary/aromatic N) is 2. The van der Waals surface area contributed by atoms with E-state index in [-0.39, 0.29) is 29.3 Å². The highest BCUT2D eigenvalue weighted by atomic mass is 35.5. The molecule has 1 aliphatic heterocycles. The van der Waals surface area contributed by atoms with E-state index < -0.39 is 0 Å². The molecule has 3 aromatic rings. The van der Waals surface area contributed by atoms with Crippen molar-refractivity contribution in [2.45, 2.75) is 57.8 Å². The molecule has 2 atom stereocenters. The van der Waals surface area contributed by atoms with Gasteiger partial charge in [0.2, 0.25) is 0 Å². The smallest absolute Gasteiger partial charge is 0.280 e. The van der Waals surface area contributed by atoms with Gasteiger partial charge in [0.05, 0.1) is 31.0 Å². The number of carbonyl (C=O) groups excluding carboxylic acids is 2. The van der Waals surface area contributed by atoms with Crippen LogP contribution in [0.15, 0.2) is 24.3 Å². The first-order valence-corrected chi connectivity index (χ1v) is 14.5. The Kier molecular flexibility index (Phi) is 8.30. The fraction of sp³-hybridized carbons (Fsp3) is 0.536. The number of thiazole rings is 1. The van der Waals surface area contributed by atoms with E-state index in [1.807, 2.05) is 12.1 Å². The molecule has 5 rings (SSSR count). The van der Waals surface area contributed by atoms with Crippen LogP contribution in [0.4, 0.5) is 0 Å². The van der Waals surface area contributed by atoms with E-state index in [4.69, 9.17) is 21.1 Å². The Bertz CT molecular complexity index is 1350. The fourth-order valence-electron chi connectivity index (χ4n) is 5.95. The first-order chi connectivity index (χ1) is 18.7. The van der Waals surface area contributed by atoms with Crippen LogP contribution in [0.5, 0.6) is 0 Å². The molecule has 0 saturated heterocycles. The quantitative estimate of drug-likeness (QED) is 0.357. The van der Waals surface area contributed by atoms with E-state index in [1.165, 1.54) is 11.3 Å². The van der Waals surface area contributed by atoms with Gasteiger partial charge in [0.15, 0.2) is 5.01 Å². The molecule has 1 fully saturated rings. The average molecular weight is 574 g/mol. The van der Waals surface area contributed by atoms with Gasteiger partial charge in [0.1, 0.15) is 5.69 Å². The largest absolute Gasteiger partial charge is 0.384 e. The number of ether oxygens (including phenoxy) is 2. The zero-order valence-electron chi connectivity index (χ0n) is 22.8. The number of aromatic nitrogens is 2. The fourth-order valence-corrected chi connectivity index (χ4v) is 7.17. The topological polar surface area (TPSA) is 109 Å². The third kappa shape index (κ3) is 6.00. The second-order valence-corrected chi connectivity index (χ2v) is 12.6. The first kappa shape index (κ1) is 28.0. The lowest BCUT2D eigenvalue weighted by Gasteiger charge is -2.29. The monoisotopic (exact) mass is 573 g/mol. The molecule has 1 aromatic carbocycles. The second kappa shape index (κ2) is 11.5. The van der Waals surface area contributed by atoms with E-state index in [9.17, 15) is 9.59 Å². The SMILES string of the molecule is COCC1(COC)C[C@@H](NC(=O)c2cc3cc(Cl)ccc3[nH]2)[C@H](NC(=O)c2nc3c(s2)CN(C(C)C)CC3)C1. The maximum absolute atomic E-state index is 13.4. The van der Waals surface area contributed by atoms with Crippen molar-refractivity contribution in [1.29, 1.82) is 0 Å². The van der Waals surface area contributed by atoms with Crippen LogP contribution in [0.3, 0.4) is 0 Å². The third-order valence-electron chi connectivity index (χ3n) is 7.84. The molecule has 2 aromatic heterocycles. The lowest BCUT2D eigenvalue weighted by molar-refractivity contribution is 0.0120. The average Bonchev–Trinajstić information content (AvgIpc) is 3.59. The van der Waals surface area contributed by atoms with Crippen molar-refractivity contribution in [1.82, 2.24) is 25.5 Å². The summed E-state index contributed by atoms with van der Waals surface area (Å²) < 4.78 is 11.1. The van der Waals surface area contributed by atoms with Crippen LogP contribution >= 0.6 is 22.9 Å². The van der Waals surface area contributed by atoms with Crippen LogP contribution < -0.4 is 10.6 Å². The van der Waals surface area contributed by atoms with E-state index in [2.05, 4.69) is 39.3 Å². The number of aromatic amines is 1. The Hall–Kier alpha value is -2.50. The molecule has 0 radical (unpaired) electrons. The van der Waals surface area contributed by atoms with Gasteiger partial charge in [-0.1, -0.05) is 11.6 Å². The lowest BCUT2D eigenvalue weighted by atomic mass is 9.87. The maximum Gasteiger partial charge on any atom is 0.280 e. The second-order valence-electron chi connectivity index (χ2n) is 11.1. The van der Waals surface area contributed by atoms with Crippen molar-refractivity contribution in [3.63, 3.8) is 0 Å². The van der Waals surface area contributed by atoms with E-state index in [0.717, 1.165) is 41.0 Å². The highest BCUT2D eigenvalue weighted by Gasteiger charge is 2.47. The summed E-state index contributed by atoms with van der Waals surface area (Å²) in [6.07, 6.45) is 2.06. The molecule has 9 nitrogen and oxygen atoms in total. The van der Waals surface area contributed by atoms with Crippen molar-refractivity contribution >= 4 is 45.7 Å².